The lowest BCUT2D eigenvalue weighted by Gasteiger charge is -2.07. The first kappa shape index (κ1) is 12.8. The van der Waals surface area contributed by atoms with Gasteiger partial charge in [0.15, 0.2) is 0 Å². The zero-order valence-corrected chi connectivity index (χ0v) is 7.58. The predicted molar refractivity (Wildman–Crippen MR) is 47.2 cm³/mol. The molecule has 10 heavy (non-hydrogen) atoms. The van der Waals surface area contributed by atoms with Gasteiger partial charge in [0, 0.05) is 6.54 Å². The van der Waals surface area contributed by atoms with E-state index in [2.05, 4.69) is 24.4 Å². The zero-order valence-electron chi connectivity index (χ0n) is 6.76. The Bertz CT molecular complexity index is 59.0. The summed E-state index contributed by atoms with van der Waals surface area (Å²) in [5, 5.41) is 0. The molecular formula is C6H18ClN3. The Hall–Kier alpha value is 0.170. The maximum absolute atomic E-state index is 5.08. The maximum atomic E-state index is 5.08. The van der Waals surface area contributed by atoms with E-state index in [0.29, 0.717) is 0 Å². The second-order valence-corrected chi connectivity index (χ2v) is 2.46. The number of hydrogen-bond acceptors (Lipinski definition) is 3. The van der Waals surface area contributed by atoms with Gasteiger partial charge in [-0.15, -0.1) is 12.4 Å². The van der Waals surface area contributed by atoms with Gasteiger partial charge in [0.25, 0.3) is 0 Å². The Morgan fingerprint density at radius 3 is 2.30 bits per heavy atom. The highest BCUT2D eigenvalue weighted by molar-refractivity contribution is 5.85. The van der Waals surface area contributed by atoms with Gasteiger partial charge in [-0.3, -0.25) is 11.3 Å². The Balaban J connectivity index is 0. The van der Waals surface area contributed by atoms with E-state index in [1.165, 1.54) is 6.42 Å². The summed E-state index contributed by atoms with van der Waals surface area (Å²) in [5.74, 6) is 5.08. The highest BCUT2D eigenvalue weighted by atomic mass is 35.5. The minimum absolute atomic E-state index is 0. The van der Waals surface area contributed by atoms with Crippen LogP contribution in [0.3, 0.4) is 0 Å². The summed E-state index contributed by atoms with van der Waals surface area (Å²) in [6.07, 6.45) is 2.38. The Kier molecular flexibility index (Phi) is 11.7. The number of hydrazine groups is 1. The Morgan fingerprint density at radius 1 is 1.30 bits per heavy atom. The fourth-order valence-electron chi connectivity index (χ4n) is 0.655. The third kappa shape index (κ3) is 11.0. The molecule has 0 radical (unpaired) electrons. The van der Waals surface area contributed by atoms with E-state index in [4.69, 9.17) is 5.84 Å². The molecule has 0 bridgehead atoms. The van der Waals surface area contributed by atoms with Crippen molar-refractivity contribution < 1.29 is 0 Å². The van der Waals surface area contributed by atoms with Gasteiger partial charge < -0.3 is 4.90 Å². The van der Waals surface area contributed by atoms with Crippen molar-refractivity contribution in [1.29, 1.82) is 0 Å². The second-order valence-electron chi connectivity index (χ2n) is 2.46. The number of nitrogens with one attached hydrogen (secondary N) is 1. The first-order chi connectivity index (χ1) is 4.27. The van der Waals surface area contributed by atoms with Crippen LogP contribution < -0.4 is 11.3 Å². The van der Waals surface area contributed by atoms with Crippen molar-refractivity contribution in [1.82, 2.24) is 10.3 Å². The Labute approximate surface area is 69.3 Å². The fourth-order valence-corrected chi connectivity index (χ4v) is 0.655. The molecule has 0 spiro atoms. The molecule has 0 unspecified atom stereocenters. The number of hydrogen-bond donors (Lipinski definition) is 2. The number of rotatable bonds is 5. The van der Waals surface area contributed by atoms with E-state index in [1.54, 1.807) is 0 Å². The van der Waals surface area contributed by atoms with Crippen LogP contribution in [0, 0.1) is 0 Å². The molecule has 0 aromatic carbocycles. The molecule has 0 saturated carbocycles. The van der Waals surface area contributed by atoms with Crippen LogP contribution in [0.2, 0.25) is 0 Å². The van der Waals surface area contributed by atoms with Crippen LogP contribution in [0.1, 0.15) is 12.8 Å². The molecule has 0 fully saturated rings. The van der Waals surface area contributed by atoms with Crippen LogP contribution in [-0.2, 0) is 0 Å². The smallest absolute Gasteiger partial charge is 0.00978 e. The van der Waals surface area contributed by atoms with Crippen LogP contribution in [0.15, 0.2) is 0 Å². The average molecular weight is 168 g/mol. The largest absolute Gasteiger partial charge is 0.309 e. The van der Waals surface area contributed by atoms with Crippen molar-refractivity contribution in [2.24, 2.45) is 5.84 Å². The van der Waals surface area contributed by atoms with Crippen molar-refractivity contribution in [2.75, 3.05) is 27.2 Å². The zero-order chi connectivity index (χ0) is 7.11. The van der Waals surface area contributed by atoms with Crippen LogP contribution >= 0.6 is 12.4 Å². The normalized spacial score (nSPS) is 9.60. The maximum Gasteiger partial charge on any atom is 0.00978 e. The molecule has 0 heterocycles. The lowest BCUT2D eigenvalue weighted by molar-refractivity contribution is 0.392. The van der Waals surface area contributed by atoms with Crippen LogP contribution in [0.5, 0.6) is 0 Å². The highest BCUT2D eigenvalue weighted by Gasteiger charge is 1.88. The van der Waals surface area contributed by atoms with Crippen LogP contribution in [0.4, 0.5) is 0 Å². The molecule has 3 nitrogen and oxygen atoms in total. The Morgan fingerprint density at radius 2 is 1.90 bits per heavy atom. The van der Waals surface area contributed by atoms with E-state index >= 15 is 0 Å². The van der Waals surface area contributed by atoms with E-state index in [-0.39, 0.29) is 12.4 Å². The fraction of sp³-hybridized carbons (Fsp3) is 1.00. The van der Waals surface area contributed by atoms with Crippen LogP contribution in [-0.4, -0.2) is 32.1 Å². The standard InChI is InChI=1S/C6H17N3.ClH/c1-9(2)6-4-3-5-8-7;/h8H,3-7H2,1-2H3;1H. The molecule has 4 heteroatoms. The third-order valence-corrected chi connectivity index (χ3v) is 1.18. The molecule has 0 amide bonds. The quantitative estimate of drug-likeness (QED) is 0.350. The lowest BCUT2D eigenvalue weighted by Crippen LogP contribution is -2.24. The summed E-state index contributed by atoms with van der Waals surface area (Å²) in [6, 6.07) is 0. The van der Waals surface area contributed by atoms with Gasteiger partial charge >= 0.3 is 0 Å². The first-order valence-corrected chi connectivity index (χ1v) is 3.35. The summed E-state index contributed by atoms with van der Waals surface area (Å²) < 4.78 is 0. The molecule has 3 N–H and O–H groups in total. The monoisotopic (exact) mass is 167 g/mol. The van der Waals surface area contributed by atoms with E-state index in [0.717, 1.165) is 19.5 Å². The summed E-state index contributed by atoms with van der Waals surface area (Å²) >= 11 is 0. The minimum Gasteiger partial charge on any atom is -0.309 e. The first-order valence-electron chi connectivity index (χ1n) is 3.35. The molecule has 0 aliphatic rings. The van der Waals surface area contributed by atoms with Gasteiger partial charge in [0.05, 0.1) is 0 Å². The summed E-state index contributed by atoms with van der Waals surface area (Å²) in [4.78, 5) is 2.18. The van der Waals surface area contributed by atoms with E-state index in [9.17, 15) is 0 Å². The molecule has 0 aromatic rings. The van der Waals surface area contributed by atoms with Crippen molar-refractivity contribution in [3.63, 3.8) is 0 Å². The average Bonchev–Trinajstić information content (AvgIpc) is 1.80. The third-order valence-electron chi connectivity index (χ3n) is 1.18. The van der Waals surface area contributed by atoms with Gasteiger partial charge in [0.1, 0.15) is 0 Å². The van der Waals surface area contributed by atoms with E-state index in [1.807, 2.05) is 0 Å². The van der Waals surface area contributed by atoms with Crippen molar-refractivity contribution >= 4 is 12.4 Å². The predicted octanol–water partition coefficient (Wildman–Crippen LogP) is 0.213. The van der Waals surface area contributed by atoms with Gasteiger partial charge in [-0.1, -0.05) is 0 Å². The molecule has 0 aliphatic heterocycles. The van der Waals surface area contributed by atoms with Gasteiger partial charge in [-0.2, -0.15) is 0 Å². The van der Waals surface area contributed by atoms with Crippen molar-refractivity contribution in [3.8, 4) is 0 Å². The number of unbranched alkanes of at least 4 members (excludes halogenated alkanes) is 1. The van der Waals surface area contributed by atoms with E-state index < -0.39 is 0 Å². The molecule has 0 saturated heterocycles. The summed E-state index contributed by atoms with van der Waals surface area (Å²) in [7, 11) is 4.16. The van der Waals surface area contributed by atoms with Gasteiger partial charge in [-0.25, -0.2) is 0 Å². The van der Waals surface area contributed by atoms with Crippen molar-refractivity contribution in [2.45, 2.75) is 12.8 Å². The summed E-state index contributed by atoms with van der Waals surface area (Å²) in [5.41, 5.74) is 2.62. The van der Waals surface area contributed by atoms with Gasteiger partial charge in [-0.05, 0) is 33.5 Å². The molecule has 0 atom stereocenters. The second kappa shape index (κ2) is 9.17. The number of halogens is 1. The minimum atomic E-state index is 0. The highest BCUT2D eigenvalue weighted by Crippen LogP contribution is 1.87. The lowest BCUT2D eigenvalue weighted by atomic mass is 10.3. The molecule has 0 rings (SSSR count). The van der Waals surface area contributed by atoms with Crippen molar-refractivity contribution in [3.05, 3.63) is 0 Å². The molecule has 64 valence electrons. The topological polar surface area (TPSA) is 41.3 Å². The van der Waals surface area contributed by atoms with Gasteiger partial charge in [0.2, 0.25) is 0 Å². The summed E-state index contributed by atoms with van der Waals surface area (Å²) in [6.45, 7) is 2.08. The molecule has 0 aromatic heterocycles. The number of nitrogens with zero attached hydrogens (tertiary/aromatic N) is 1. The molecule has 0 aliphatic carbocycles. The SMILES string of the molecule is CN(C)CCCCNN.Cl. The van der Waals surface area contributed by atoms with Crippen LogP contribution in [0.25, 0.3) is 0 Å². The number of nitrogens with two attached hydrogens (primary N) is 1. The molecular weight excluding hydrogens is 150 g/mol.